The van der Waals surface area contributed by atoms with Gasteiger partial charge in [-0.3, -0.25) is 9.79 Å². The topological polar surface area (TPSA) is 87.9 Å². The van der Waals surface area contributed by atoms with Crippen molar-refractivity contribution in [3.63, 3.8) is 0 Å². The molecule has 1 aromatic carbocycles. The Bertz CT molecular complexity index is 726. The lowest BCUT2D eigenvalue weighted by Gasteiger charge is -2.12. The molecule has 0 spiro atoms. The van der Waals surface area contributed by atoms with E-state index in [9.17, 15) is 4.79 Å². The number of hydrogen-bond donors (Lipinski definition) is 3. The van der Waals surface area contributed by atoms with Gasteiger partial charge in [0.1, 0.15) is 12.4 Å². The van der Waals surface area contributed by atoms with Gasteiger partial charge in [-0.2, -0.15) is 0 Å². The van der Waals surface area contributed by atoms with Gasteiger partial charge in [0.05, 0.1) is 6.26 Å². The zero-order valence-corrected chi connectivity index (χ0v) is 19.7. The molecule has 154 valence electrons. The lowest BCUT2D eigenvalue weighted by atomic mass is 10.2. The monoisotopic (exact) mass is 564 g/mol. The summed E-state index contributed by atoms with van der Waals surface area (Å²) >= 11 is 3.36. The van der Waals surface area contributed by atoms with Crippen LogP contribution < -0.4 is 16.0 Å². The number of nitrogens with one attached hydrogen (secondary N) is 3. The number of rotatable bonds is 10. The van der Waals surface area contributed by atoms with Crippen LogP contribution in [0.1, 0.15) is 22.5 Å². The van der Waals surface area contributed by atoms with E-state index in [2.05, 4.69) is 36.9 Å². The van der Waals surface area contributed by atoms with Crippen LogP contribution in [0.3, 0.4) is 0 Å². The van der Waals surface area contributed by atoms with Gasteiger partial charge in [-0.15, -0.1) is 24.0 Å². The van der Waals surface area contributed by atoms with Crippen molar-refractivity contribution in [2.24, 2.45) is 4.99 Å². The fourth-order valence-electron chi connectivity index (χ4n) is 2.26. The molecule has 0 saturated heterocycles. The van der Waals surface area contributed by atoms with Gasteiger partial charge < -0.3 is 25.1 Å². The molecule has 0 bridgehead atoms. The van der Waals surface area contributed by atoms with Gasteiger partial charge in [0, 0.05) is 43.3 Å². The predicted octanol–water partition coefficient (Wildman–Crippen LogP) is 3.16. The molecule has 1 amide bonds. The number of ether oxygens (including phenoxy) is 1. The van der Waals surface area contributed by atoms with Crippen molar-refractivity contribution in [1.29, 1.82) is 0 Å². The molecule has 9 heteroatoms. The molecule has 1 aromatic heterocycles. The molecule has 0 aliphatic rings. The minimum absolute atomic E-state index is 0. The Morgan fingerprint density at radius 2 is 1.93 bits per heavy atom. The average Bonchev–Trinajstić information content (AvgIpc) is 3.19. The van der Waals surface area contributed by atoms with Crippen LogP contribution in [0.2, 0.25) is 0 Å². The van der Waals surface area contributed by atoms with E-state index >= 15 is 0 Å². The van der Waals surface area contributed by atoms with E-state index in [1.165, 1.54) is 0 Å². The van der Waals surface area contributed by atoms with Gasteiger partial charge in [0.25, 0.3) is 5.91 Å². The molecule has 1 heterocycles. The Morgan fingerprint density at radius 1 is 1.14 bits per heavy atom. The van der Waals surface area contributed by atoms with Gasteiger partial charge >= 0.3 is 0 Å². The van der Waals surface area contributed by atoms with Crippen LogP contribution in [0.4, 0.5) is 0 Å². The van der Waals surface area contributed by atoms with Gasteiger partial charge in [0.2, 0.25) is 0 Å². The smallest absolute Gasteiger partial charge is 0.251 e. The van der Waals surface area contributed by atoms with Crippen molar-refractivity contribution >= 4 is 51.8 Å². The number of amides is 1. The molecule has 0 radical (unpaired) electrons. The van der Waals surface area contributed by atoms with Gasteiger partial charge in [-0.25, -0.2) is 0 Å². The van der Waals surface area contributed by atoms with Crippen molar-refractivity contribution < 1.29 is 13.9 Å². The lowest BCUT2D eigenvalue weighted by Crippen LogP contribution is -2.42. The van der Waals surface area contributed by atoms with Crippen LogP contribution in [0.25, 0.3) is 0 Å². The summed E-state index contributed by atoms with van der Waals surface area (Å²) in [4.78, 5) is 16.2. The first kappa shape index (κ1) is 24.4. The van der Waals surface area contributed by atoms with E-state index in [1.807, 2.05) is 24.3 Å². The summed E-state index contributed by atoms with van der Waals surface area (Å²) in [5.74, 6) is 1.41. The second kappa shape index (κ2) is 14.4. The standard InChI is InChI=1S/C19H25BrN4O3.HI/c1-21-19(23-8-4-11-26-14-17-7-3-12-27-17)24-10-9-22-18(25)15-5-2-6-16(20)13-15;/h2-3,5-7,12-13H,4,8-11,14H2,1H3,(H,22,25)(H2,21,23,24);1H. The zero-order chi connectivity index (χ0) is 19.3. The summed E-state index contributed by atoms with van der Waals surface area (Å²) in [5, 5.41) is 9.24. The summed E-state index contributed by atoms with van der Waals surface area (Å²) in [5.41, 5.74) is 0.626. The molecule has 2 rings (SSSR count). The highest BCUT2D eigenvalue weighted by molar-refractivity contribution is 14.0. The Morgan fingerprint density at radius 3 is 2.64 bits per heavy atom. The van der Waals surface area contributed by atoms with E-state index in [4.69, 9.17) is 9.15 Å². The van der Waals surface area contributed by atoms with Crippen molar-refractivity contribution in [2.75, 3.05) is 33.3 Å². The number of furan rings is 1. The van der Waals surface area contributed by atoms with Gasteiger partial charge in [0.15, 0.2) is 5.96 Å². The maximum Gasteiger partial charge on any atom is 0.251 e. The summed E-state index contributed by atoms with van der Waals surface area (Å²) in [7, 11) is 1.71. The molecule has 0 unspecified atom stereocenters. The maximum atomic E-state index is 12.0. The molecule has 0 aliphatic heterocycles. The molecule has 0 saturated carbocycles. The Kier molecular flexibility index (Phi) is 12.6. The fourth-order valence-corrected chi connectivity index (χ4v) is 2.66. The van der Waals surface area contributed by atoms with Crippen LogP contribution in [0.5, 0.6) is 0 Å². The zero-order valence-electron chi connectivity index (χ0n) is 15.7. The van der Waals surface area contributed by atoms with Crippen molar-refractivity contribution in [3.05, 3.63) is 58.5 Å². The van der Waals surface area contributed by atoms with E-state index in [0.717, 1.165) is 23.2 Å². The summed E-state index contributed by atoms with van der Waals surface area (Å²) < 4.78 is 11.6. The molecular weight excluding hydrogens is 539 g/mol. The van der Waals surface area contributed by atoms with E-state index in [-0.39, 0.29) is 29.9 Å². The van der Waals surface area contributed by atoms with Crippen LogP contribution >= 0.6 is 39.9 Å². The molecule has 0 aliphatic carbocycles. The number of hydrogen-bond acceptors (Lipinski definition) is 4. The Labute approximate surface area is 190 Å². The van der Waals surface area contributed by atoms with Crippen LogP contribution in [-0.4, -0.2) is 45.2 Å². The second-order valence-electron chi connectivity index (χ2n) is 5.68. The second-order valence-corrected chi connectivity index (χ2v) is 6.59. The third-order valence-electron chi connectivity index (χ3n) is 3.60. The van der Waals surface area contributed by atoms with Gasteiger partial charge in [-0.05, 0) is 36.8 Å². The number of halogens is 2. The minimum atomic E-state index is -0.102. The van der Waals surface area contributed by atoms with Crippen LogP contribution in [-0.2, 0) is 11.3 Å². The molecule has 3 N–H and O–H groups in total. The fraction of sp³-hybridized carbons (Fsp3) is 0.368. The largest absolute Gasteiger partial charge is 0.467 e. The average molecular weight is 565 g/mol. The quantitative estimate of drug-likeness (QED) is 0.179. The van der Waals surface area contributed by atoms with Crippen molar-refractivity contribution in [3.8, 4) is 0 Å². The molecule has 2 aromatic rings. The molecular formula is C19H26BrIN4O3. The molecule has 0 atom stereocenters. The normalized spacial score (nSPS) is 10.9. The first-order chi connectivity index (χ1) is 13.2. The van der Waals surface area contributed by atoms with E-state index in [0.29, 0.717) is 37.8 Å². The van der Waals surface area contributed by atoms with Crippen molar-refractivity contribution in [2.45, 2.75) is 13.0 Å². The number of aliphatic imine (C=N–C) groups is 1. The molecule has 28 heavy (non-hydrogen) atoms. The Balaban J connectivity index is 0.00000392. The summed E-state index contributed by atoms with van der Waals surface area (Å²) in [6.45, 7) is 2.93. The van der Waals surface area contributed by atoms with Gasteiger partial charge in [-0.1, -0.05) is 22.0 Å². The highest BCUT2D eigenvalue weighted by atomic mass is 127. The van der Waals surface area contributed by atoms with Crippen LogP contribution in [0.15, 0.2) is 56.5 Å². The number of benzene rings is 1. The summed E-state index contributed by atoms with van der Waals surface area (Å²) in [6, 6.07) is 11.0. The number of guanidine groups is 1. The van der Waals surface area contributed by atoms with Crippen LogP contribution in [0, 0.1) is 0 Å². The molecule has 0 fully saturated rings. The summed E-state index contributed by atoms with van der Waals surface area (Å²) in [6.07, 6.45) is 2.48. The highest BCUT2D eigenvalue weighted by Crippen LogP contribution is 2.11. The Hall–Kier alpha value is -1.59. The number of carbonyl (C=O) groups excluding carboxylic acids is 1. The third-order valence-corrected chi connectivity index (χ3v) is 4.09. The maximum absolute atomic E-state index is 12.0. The highest BCUT2D eigenvalue weighted by Gasteiger charge is 2.05. The molecule has 7 nitrogen and oxygen atoms in total. The lowest BCUT2D eigenvalue weighted by molar-refractivity contribution is 0.0954. The number of carbonyl (C=O) groups is 1. The van der Waals surface area contributed by atoms with Crippen molar-refractivity contribution in [1.82, 2.24) is 16.0 Å². The SMILES string of the molecule is CN=C(NCCCOCc1ccco1)NCCNC(=O)c1cccc(Br)c1.I. The predicted molar refractivity (Wildman–Crippen MR) is 124 cm³/mol. The first-order valence-corrected chi connectivity index (χ1v) is 9.57. The number of nitrogens with zero attached hydrogens (tertiary/aromatic N) is 1. The third kappa shape index (κ3) is 9.56. The van der Waals surface area contributed by atoms with E-state index < -0.39 is 0 Å². The first-order valence-electron chi connectivity index (χ1n) is 8.77. The minimum Gasteiger partial charge on any atom is -0.467 e. The van der Waals surface area contributed by atoms with E-state index in [1.54, 1.807) is 25.4 Å².